The maximum Gasteiger partial charge on any atom is 0.332 e. The molecular formula is C21H27FN5O3+. The average molecular weight is 416 g/mol. The Balaban J connectivity index is 1.87. The summed E-state index contributed by atoms with van der Waals surface area (Å²) in [4.78, 5) is 31.3. The molecule has 160 valence electrons. The molecule has 0 saturated carbocycles. The lowest BCUT2D eigenvalue weighted by Gasteiger charge is -2.32. The second kappa shape index (κ2) is 7.81. The Hall–Kier alpha value is -2.78. The monoisotopic (exact) mass is 416 g/mol. The van der Waals surface area contributed by atoms with Crippen LogP contribution in [0, 0.1) is 5.82 Å². The van der Waals surface area contributed by atoms with Gasteiger partial charge in [-0.1, -0.05) is 18.2 Å². The van der Waals surface area contributed by atoms with Crippen LogP contribution in [0.3, 0.4) is 0 Å². The van der Waals surface area contributed by atoms with E-state index in [4.69, 9.17) is 4.74 Å². The molecular weight excluding hydrogens is 389 g/mol. The number of hydrogen-bond donors (Lipinski definition) is 1. The third kappa shape index (κ3) is 3.59. The number of halogens is 1. The third-order valence-corrected chi connectivity index (χ3v) is 5.74. The Morgan fingerprint density at radius 3 is 2.47 bits per heavy atom. The fourth-order valence-corrected chi connectivity index (χ4v) is 4.35. The van der Waals surface area contributed by atoms with E-state index in [1.54, 1.807) is 29.8 Å². The molecule has 0 aliphatic carbocycles. The van der Waals surface area contributed by atoms with E-state index < -0.39 is 11.2 Å². The van der Waals surface area contributed by atoms with Crippen LogP contribution in [0.25, 0.3) is 11.2 Å². The lowest BCUT2D eigenvalue weighted by atomic mass is 10.2. The number of quaternary nitrogens is 1. The molecule has 1 fully saturated rings. The Labute approximate surface area is 173 Å². The minimum absolute atomic E-state index is 0.116. The van der Waals surface area contributed by atoms with Crippen LogP contribution in [-0.2, 0) is 31.9 Å². The summed E-state index contributed by atoms with van der Waals surface area (Å²) in [6, 6.07) is 6.50. The van der Waals surface area contributed by atoms with Gasteiger partial charge in [0.1, 0.15) is 37.7 Å². The van der Waals surface area contributed by atoms with Crippen LogP contribution in [0.15, 0.2) is 33.9 Å². The summed E-state index contributed by atoms with van der Waals surface area (Å²) in [6.45, 7) is 6.42. The molecule has 4 rings (SSSR count). The summed E-state index contributed by atoms with van der Waals surface area (Å²) in [5, 5.41) is 0. The van der Waals surface area contributed by atoms with Gasteiger partial charge in [-0.05, 0) is 19.9 Å². The number of hydrogen-bond acceptors (Lipinski definition) is 4. The zero-order valence-electron chi connectivity index (χ0n) is 17.7. The molecule has 0 radical (unpaired) electrons. The highest BCUT2D eigenvalue weighted by atomic mass is 19.1. The van der Waals surface area contributed by atoms with Gasteiger partial charge >= 0.3 is 5.69 Å². The van der Waals surface area contributed by atoms with Gasteiger partial charge in [-0.2, -0.15) is 0 Å². The smallest absolute Gasteiger partial charge is 0.332 e. The fourth-order valence-electron chi connectivity index (χ4n) is 4.35. The summed E-state index contributed by atoms with van der Waals surface area (Å²) in [5.74, 6) is 0.316. The number of nitrogens with one attached hydrogen (secondary N) is 1. The number of aryl methyl sites for hydroxylation is 1. The van der Waals surface area contributed by atoms with Crippen LogP contribution in [0.2, 0.25) is 0 Å². The summed E-state index contributed by atoms with van der Waals surface area (Å²) < 4.78 is 24.4. The van der Waals surface area contributed by atoms with E-state index in [1.807, 2.05) is 13.8 Å². The molecule has 1 N–H and O–H groups in total. The third-order valence-electron chi connectivity index (χ3n) is 5.74. The normalized spacial score (nSPS) is 22.0. The Bertz CT molecular complexity index is 1200. The maximum atomic E-state index is 14.4. The highest BCUT2D eigenvalue weighted by Crippen LogP contribution is 2.16. The van der Waals surface area contributed by atoms with Crippen molar-refractivity contribution in [1.82, 2.24) is 18.7 Å². The number of rotatable bonds is 4. The molecule has 0 amide bonds. The SMILES string of the molecule is C[C@@H]1C[NH+](Cc2nc3c(c(=O)n(C)c(=O)n3C)n2Cc2ccccc2F)C[C@@H](C)O1. The summed E-state index contributed by atoms with van der Waals surface area (Å²) >= 11 is 0. The lowest BCUT2D eigenvalue weighted by molar-refractivity contribution is -0.929. The topological polar surface area (TPSA) is 75.5 Å². The number of morpholine rings is 1. The minimum Gasteiger partial charge on any atom is -0.364 e. The minimum atomic E-state index is -0.435. The molecule has 9 heteroatoms. The van der Waals surface area contributed by atoms with Crippen molar-refractivity contribution in [2.75, 3.05) is 13.1 Å². The molecule has 3 heterocycles. The first kappa shape index (κ1) is 20.5. The van der Waals surface area contributed by atoms with Crippen LogP contribution in [0.1, 0.15) is 25.2 Å². The van der Waals surface area contributed by atoms with Gasteiger partial charge in [0.25, 0.3) is 5.56 Å². The predicted octanol–water partition coefficient (Wildman–Crippen LogP) is -0.187. The number of nitrogens with zero attached hydrogens (tertiary/aromatic N) is 4. The molecule has 1 aliphatic heterocycles. The van der Waals surface area contributed by atoms with E-state index in [0.29, 0.717) is 29.1 Å². The van der Waals surface area contributed by atoms with E-state index in [1.165, 1.54) is 22.6 Å². The van der Waals surface area contributed by atoms with Gasteiger partial charge in [0.2, 0.25) is 0 Å². The first-order valence-electron chi connectivity index (χ1n) is 10.1. The number of benzene rings is 1. The molecule has 2 aromatic heterocycles. The van der Waals surface area contributed by atoms with Crippen molar-refractivity contribution < 1.29 is 14.0 Å². The Morgan fingerprint density at radius 1 is 1.13 bits per heavy atom. The predicted molar refractivity (Wildman–Crippen MR) is 110 cm³/mol. The van der Waals surface area contributed by atoms with E-state index in [2.05, 4.69) is 4.98 Å². The number of aromatic nitrogens is 4. The van der Waals surface area contributed by atoms with Crippen LogP contribution in [-0.4, -0.2) is 44.0 Å². The van der Waals surface area contributed by atoms with Crippen molar-refractivity contribution in [2.24, 2.45) is 14.1 Å². The van der Waals surface area contributed by atoms with Crippen LogP contribution >= 0.6 is 0 Å². The average Bonchev–Trinajstić information content (AvgIpc) is 3.04. The first-order valence-corrected chi connectivity index (χ1v) is 10.1. The van der Waals surface area contributed by atoms with Crippen molar-refractivity contribution in [1.29, 1.82) is 0 Å². The molecule has 0 spiro atoms. The van der Waals surface area contributed by atoms with Gasteiger partial charge in [-0.25, -0.2) is 14.2 Å². The zero-order chi connectivity index (χ0) is 21.6. The Morgan fingerprint density at radius 2 is 1.80 bits per heavy atom. The van der Waals surface area contributed by atoms with E-state index in [9.17, 15) is 14.0 Å². The van der Waals surface area contributed by atoms with Gasteiger partial charge in [0, 0.05) is 19.7 Å². The molecule has 1 aliphatic rings. The van der Waals surface area contributed by atoms with Gasteiger partial charge < -0.3 is 14.2 Å². The lowest BCUT2D eigenvalue weighted by Crippen LogP contribution is -3.14. The summed E-state index contributed by atoms with van der Waals surface area (Å²) in [5.41, 5.74) is 0.236. The number of ether oxygens (including phenoxy) is 1. The molecule has 30 heavy (non-hydrogen) atoms. The summed E-state index contributed by atoms with van der Waals surface area (Å²) in [6.07, 6.45) is 0.232. The van der Waals surface area contributed by atoms with Gasteiger partial charge in [-0.15, -0.1) is 0 Å². The summed E-state index contributed by atoms with van der Waals surface area (Å²) in [7, 11) is 3.04. The van der Waals surface area contributed by atoms with Crippen molar-refractivity contribution in [2.45, 2.75) is 39.1 Å². The molecule has 0 unspecified atom stereocenters. The van der Waals surface area contributed by atoms with Crippen molar-refractivity contribution >= 4 is 11.2 Å². The molecule has 1 aromatic carbocycles. The van der Waals surface area contributed by atoms with Crippen LogP contribution < -0.4 is 16.1 Å². The standard InChI is InChI=1S/C21H26FN5O3/c1-13-9-26(10-14(2)30-13)12-17-23-19-18(20(28)25(4)21(29)24(19)3)27(17)11-15-7-5-6-8-16(15)22/h5-8,13-14H,9-12H2,1-4H3/p+1/t13-,14-/m1/s1. The van der Waals surface area contributed by atoms with E-state index in [0.717, 1.165) is 17.7 Å². The van der Waals surface area contributed by atoms with Crippen molar-refractivity contribution in [3.63, 3.8) is 0 Å². The number of imidazole rings is 1. The second-order valence-corrected chi connectivity index (χ2v) is 8.18. The quantitative estimate of drug-likeness (QED) is 0.640. The number of fused-ring (bicyclic) bond motifs is 1. The highest BCUT2D eigenvalue weighted by molar-refractivity contribution is 5.71. The fraction of sp³-hybridized carbons (Fsp3) is 0.476. The second-order valence-electron chi connectivity index (χ2n) is 8.18. The van der Waals surface area contributed by atoms with E-state index >= 15 is 0 Å². The van der Waals surface area contributed by atoms with Gasteiger partial charge in [0.15, 0.2) is 17.0 Å². The molecule has 8 nitrogen and oxygen atoms in total. The first-order chi connectivity index (χ1) is 14.3. The zero-order valence-corrected chi connectivity index (χ0v) is 17.7. The van der Waals surface area contributed by atoms with Crippen molar-refractivity contribution in [3.8, 4) is 0 Å². The largest absolute Gasteiger partial charge is 0.364 e. The van der Waals surface area contributed by atoms with Gasteiger partial charge in [0.05, 0.1) is 6.54 Å². The van der Waals surface area contributed by atoms with Crippen molar-refractivity contribution in [3.05, 3.63) is 62.3 Å². The van der Waals surface area contributed by atoms with E-state index in [-0.39, 0.29) is 24.6 Å². The molecule has 2 atom stereocenters. The van der Waals surface area contributed by atoms with Crippen LogP contribution in [0.5, 0.6) is 0 Å². The van der Waals surface area contributed by atoms with Crippen LogP contribution in [0.4, 0.5) is 4.39 Å². The maximum absolute atomic E-state index is 14.4. The molecule has 3 aromatic rings. The molecule has 0 bridgehead atoms. The molecule has 1 saturated heterocycles. The van der Waals surface area contributed by atoms with Gasteiger partial charge in [-0.3, -0.25) is 13.9 Å². The highest BCUT2D eigenvalue weighted by Gasteiger charge is 2.28. The Kier molecular flexibility index (Phi) is 5.33.